The largest absolute Gasteiger partial charge is 0.493 e. The van der Waals surface area contributed by atoms with Gasteiger partial charge >= 0.3 is 5.97 Å². The number of fused-ring (bicyclic) bond motifs is 1. The van der Waals surface area contributed by atoms with E-state index in [9.17, 15) is 29.1 Å². The van der Waals surface area contributed by atoms with Crippen molar-refractivity contribution in [3.05, 3.63) is 65.7 Å². The number of carboxylic acid groups (broad SMARTS) is 1. The molecule has 0 bridgehead atoms. The monoisotopic (exact) mass is 524 g/mol. The number of benzene rings is 2. The zero-order chi connectivity index (χ0) is 27.7. The average Bonchev–Trinajstić information content (AvgIpc) is 2.87. The fraction of sp³-hybridized carbons (Fsp3) is 0.370. The minimum absolute atomic E-state index is 0.104. The summed E-state index contributed by atoms with van der Waals surface area (Å²) in [6, 6.07) is 13.0. The van der Waals surface area contributed by atoms with Crippen molar-refractivity contribution in [1.82, 2.24) is 21.3 Å². The lowest BCUT2D eigenvalue weighted by Crippen LogP contribution is -2.60. The van der Waals surface area contributed by atoms with E-state index in [0.29, 0.717) is 6.42 Å². The lowest BCUT2D eigenvalue weighted by Gasteiger charge is -2.29. The van der Waals surface area contributed by atoms with Crippen LogP contribution in [-0.4, -0.2) is 65.5 Å². The zero-order valence-corrected chi connectivity index (χ0v) is 21.3. The van der Waals surface area contributed by atoms with E-state index in [1.165, 1.54) is 19.9 Å². The summed E-state index contributed by atoms with van der Waals surface area (Å²) >= 11 is 0. The van der Waals surface area contributed by atoms with Crippen LogP contribution in [-0.2, 0) is 25.6 Å². The second kappa shape index (κ2) is 12.7. The molecule has 0 saturated carbocycles. The number of aliphatic carboxylic acids is 1. The third-order valence-corrected chi connectivity index (χ3v) is 5.93. The maximum Gasteiger partial charge on any atom is 0.326 e. The molecule has 38 heavy (non-hydrogen) atoms. The van der Waals surface area contributed by atoms with Crippen LogP contribution < -0.4 is 26.0 Å². The predicted octanol–water partition coefficient (Wildman–Crippen LogP) is 0.781. The van der Waals surface area contributed by atoms with Gasteiger partial charge in [0, 0.05) is 13.0 Å². The third kappa shape index (κ3) is 7.79. The van der Waals surface area contributed by atoms with Crippen molar-refractivity contribution < 1.29 is 33.8 Å². The first-order chi connectivity index (χ1) is 18.1. The number of carbonyl (C=O) groups is 5. The Hall–Kier alpha value is -4.41. The number of carboxylic acids is 1. The molecule has 1 aliphatic heterocycles. The Balaban J connectivity index is 1.86. The highest BCUT2D eigenvalue weighted by atomic mass is 16.5. The Bertz CT molecular complexity index is 1180. The van der Waals surface area contributed by atoms with Gasteiger partial charge in [-0.15, -0.1) is 0 Å². The highest BCUT2D eigenvalue weighted by molar-refractivity contribution is 6.00. The van der Waals surface area contributed by atoms with Gasteiger partial charge in [-0.1, -0.05) is 42.5 Å². The quantitative estimate of drug-likeness (QED) is 0.396. The molecule has 11 heteroatoms. The van der Waals surface area contributed by atoms with E-state index in [1.807, 2.05) is 30.3 Å². The van der Waals surface area contributed by atoms with Gasteiger partial charge in [0.25, 0.3) is 5.91 Å². The highest BCUT2D eigenvalue weighted by Gasteiger charge is 2.34. The molecule has 2 aromatic carbocycles. The van der Waals surface area contributed by atoms with E-state index in [2.05, 4.69) is 21.3 Å². The van der Waals surface area contributed by atoms with Crippen LogP contribution in [0.15, 0.2) is 54.6 Å². The van der Waals surface area contributed by atoms with E-state index in [0.717, 1.165) is 5.56 Å². The minimum Gasteiger partial charge on any atom is -0.493 e. The van der Waals surface area contributed by atoms with Crippen LogP contribution in [0.1, 0.15) is 42.6 Å². The summed E-state index contributed by atoms with van der Waals surface area (Å²) in [6.45, 7) is 3.30. The highest BCUT2D eigenvalue weighted by Crippen LogP contribution is 2.18. The van der Waals surface area contributed by atoms with E-state index in [-0.39, 0.29) is 30.9 Å². The fourth-order valence-electron chi connectivity index (χ4n) is 3.84. The van der Waals surface area contributed by atoms with Crippen LogP contribution in [0.4, 0.5) is 0 Å². The van der Waals surface area contributed by atoms with Crippen molar-refractivity contribution in [2.45, 2.75) is 50.7 Å². The summed E-state index contributed by atoms with van der Waals surface area (Å²) in [4.78, 5) is 63.5. The van der Waals surface area contributed by atoms with Crippen molar-refractivity contribution in [2.24, 2.45) is 0 Å². The van der Waals surface area contributed by atoms with Gasteiger partial charge in [0.15, 0.2) is 0 Å². The smallest absolute Gasteiger partial charge is 0.326 e. The molecule has 2 aromatic rings. The molecule has 0 aliphatic carbocycles. The fourth-order valence-corrected chi connectivity index (χ4v) is 3.84. The number of hydrogen-bond donors (Lipinski definition) is 5. The molecule has 4 amide bonds. The number of amides is 4. The Morgan fingerprint density at radius 3 is 2.39 bits per heavy atom. The van der Waals surface area contributed by atoms with Gasteiger partial charge in [-0.05, 0) is 38.0 Å². The van der Waals surface area contributed by atoms with Gasteiger partial charge in [0.2, 0.25) is 17.7 Å². The Morgan fingerprint density at radius 2 is 1.68 bits per heavy atom. The first-order valence-corrected chi connectivity index (χ1v) is 12.3. The number of ether oxygens (including phenoxy) is 1. The standard InChI is InChI=1S/C27H32N4O7/c1-27(2)26(37)30-19(15-17-9-4-3-5-10-17)24(34)28-13-8-14-38-21-12-7-6-11-18(21)23(33)29-20(25(35)36)16-22(32)31-27/h3-7,9-12,19-20H,8,13-16H2,1-2H3,(H,28,34)(H,29,33)(H,30,37)(H,31,32)(H,35,36)/t19-,20-/m0/s1. The molecule has 0 aromatic heterocycles. The van der Waals surface area contributed by atoms with Gasteiger partial charge in [-0.3, -0.25) is 19.2 Å². The molecular weight excluding hydrogens is 492 g/mol. The Morgan fingerprint density at radius 1 is 1.00 bits per heavy atom. The number of para-hydroxylation sites is 1. The summed E-state index contributed by atoms with van der Waals surface area (Å²) in [6.07, 6.45) is 0.0151. The van der Waals surface area contributed by atoms with Crippen LogP contribution in [0.3, 0.4) is 0 Å². The van der Waals surface area contributed by atoms with Gasteiger partial charge in [-0.2, -0.15) is 0 Å². The van der Waals surface area contributed by atoms with Gasteiger partial charge < -0.3 is 31.1 Å². The summed E-state index contributed by atoms with van der Waals surface area (Å²) in [5.41, 5.74) is -0.547. The van der Waals surface area contributed by atoms with Crippen molar-refractivity contribution >= 4 is 29.6 Å². The molecule has 5 N–H and O–H groups in total. The van der Waals surface area contributed by atoms with Gasteiger partial charge in [0.05, 0.1) is 18.6 Å². The maximum atomic E-state index is 13.1. The molecule has 11 nitrogen and oxygen atoms in total. The van der Waals surface area contributed by atoms with E-state index in [1.54, 1.807) is 18.2 Å². The minimum atomic E-state index is -1.55. The molecule has 0 saturated heterocycles. The number of hydrogen-bond acceptors (Lipinski definition) is 6. The average molecular weight is 525 g/mol. The molecule has 3 rings (SSSR count). The molecule has 0 unspecified atom stereocenters. The first kappa shape index (κ1) is 28.2. The van der Waals surface area contributed by atoms with Crippen LogP contribution >= 0.6 is 0 Å². The van der Waals surface area contributed by atoms with Crippen molar-refractivity contribution in [3.8, 4) is 5.75 Å². The molecular formula is C27H32N4O7. The topological polar surface area (TPSA) is 163 Å². The molecule has 0 fully saturated rings. The van der Waals surface area contributed by atoms with Gasteiger partial charge in [0.1, 0.15) is 23.4 Å². The van der Waals surface area contributed by atoms with Crippen molar-refractivity contribution in [1.29, 1.82) is 0 Å². The zero-order valence-electron chi connectivity index (χ0n) is 21.3. The van der Waals surface area contributed by atoms with Crippen LogP contribution in [0.5, 0.6) is 5.75 Å². The van der Waals surface area contributed by atoms with Crippen LogP contribution in [0.25, 0.3) is 0 Å². The van der Waals surface area contributed by atoms with E-state index < -0.39 is 53.6 Å². The maximum absolute atomic E-state index is 13.1. The number of nitrogens with one attached hydrogen (secondary N) is 4. The predicted molar refractivity (Wildman–Crippen MR) is 137 cm³/mol. The normalized spacial score (nSPS) is 21.2. The van der Waals surface area contributed by atoms with E-state index >= 15 is 0 Å². The SMILES string of the molecule is CC1(C)NC(=O)C[C@@H](C(=O)O)NC(=O)c2ccccc2OCCCNC(=O)[C@H](Cc2ccccc2)NC1=O. The van der Waals surface area contributed by atoms with Crippen molar-refractivity contribution in [2.75, 3.05) is 13.2 Å². The summed E-state index contributed by atoms with van der Waals surface area (Å²) < 4.78 is 5.71. The van der Waals surface area contributed by atoms with Gasteiger partial charge in [-0.25, -0.2) is 4.79 Å². The van der Waals surface area contributed by atoms with Crippen LogP contribution in [0.2, 0.25) is 0 Å². The lowest BCUT2D eigenvalue weighted by molar-refractivity contribution is -0.142. The third-order valence-electron chi connectivity index (χ3n) is 5.93. The molecule has 202 valence electrons. The van der Waals surface area contributed by atoms with Crippen molar-refractivity contribution in [3.63, 3.8) is 0 Å². The second-order valence-electron chi connectivity index (χ2n) is 9.45. The molecule has 2 atom stereocenters. The molecule has 1 aliphatic rings. The number of rotatable bonds is 3. The van der Waals surface area contributed by atoms with Crippen LogP contribution in [0, 0.1) is 0 Å². The lowest BCUT2D eigenvalue weighted by atomic mass is 10.00. The summed E-state index contributed by atoms with van der Waals surface area (Å²) in [7, 11) is 0. The molecule has 1 heterocycles. The van der Waals surface area contributed by atoms with E-state index in [4.69, 9.17) is 4.74 Å². The summed E-state index contributed by atoms with van der Waals surface area (Å²) in [5, 5.41) is 20.0. The first-order valence-electron chi connectivity index (χ1n) is 12.3. The second-order valence-corrected chi connectivity index (χ2v) is 9.45. The Labute approximate surface area is 220 Å². The number of carbonyl (C=O) groups excluding carboxylic acids is 4. The molecule has 0 radical (unpaired) electrons. The Kier molecular flexibility index (Phi) is 9.42. The molecule has 0 spiro atoms. The summed E-state index contributed by atoms with van der Waals surface area (Å²) in [5.74, 6) is -3.71.